The molecule has 1 aliphatic rings. The molecule has 0 aromatic heterocycles. The maximum atomic E-state index is 12.6. The lowest BCUT2D eigenvalue weighted by Gasteiger charge is -2.23. The van der Waals surface area contributed by atoms with Gasteiger partial charge in [-0.3, -0.25) is 0 Å². The van der Waals surface area contributed by atoms with Gasteiger partial charge in [0, 0.05) is 17.1 Å². The van der Waals surface area contributed by atoms with Crippen LogP contribution in [0, 0.1) is 0 Å². The van der Waals surface area contributed by atoms with Gasteiger partial charge in [-0.1, -0.05) is 22.9 Å². The van der Waals surface area contributed by atoms with Crippen molar-refractivity contribution < 1.29 is 8.42 Å². The number of hydrogen-bond donors (Lipinski definition) is 1. The quantitative estimate of drug-likeness (QED) is 0.865. The Kier molecular flexibility index (Phi) is 3.99. The van der Waals surface area contributed by atoms with Crippen molar-refractivity contribution in [2.24, 2.45) is 0 Å². The fourth-order valence-electron chi connectivity index (χ4n) is 2.41. The molecule has 6 heteroatoms. The maximum Gasteiger partial charge on any atom is 0.245 e. The van der Waals surface area contributed by atoms with E-state index in [2.05, 4.69) is 15.9 Å². The standard InChI is InChI=1S/C12H17BrN2O2S/c1-2-10-4-3-7-15(10)18(16,17)12-6-5-9(13)8-11(12)14/h5-6,8,10H,2-4,7,14H2,1H3. The summed E-state index contributed by atoms with van der Waals surface area (Å²) < 4.78 is 27.5. The molecule has 0 radical (unpaired) electrons. The first-order chi connectivity index (χ1) is 8.46. The van der Waals surface area contributed by atoms with Gasteiger partial charge >= 0.3 is 0 Å². The van der Waals surface area contributed by atoms with Crippen molar-refractivity contribution in [2.75, 3.05) is 12.3 Å². The van der Waals surface area contributed by atoms with E-state index in [1.807, 2.05) is 6.92 Å². The lowest BCUT2D eigenvalue weighted by Crippen LogP contribution is -2.35. The summed E-state index contributed by atoms with van der Waals surface area (Å²) in [6.07, 6.45) is 2.70. The van der Waals surface area contributed by atoms with E-state index >= 15 is 0 Å². The van der Waals surface area contributed by atoms with Gasteiger partial charge in [0.05, 0.1) is 5.69 Å². The van der Waals surface area contributed by atoms with E-state index in [1.165, 1.54) is 0 Å². The van der Waals surface area contributed by atoms with Crippen molar-refractivity contribution in [3.05, 3.63) is 22.7 Å². The van der Waals surface area contributed by atoms with E-state index in [4.69, 9.17) is 5.73 Å². The van der Waals surface area contributed by atoms with Crippen LogP contribution in [0.1, 0.15) is 26.2 Å². The lowest BCUT2D eigenvalue weighted by molar-refractivity contribution is 0.380. The van der Waals surface area contributed by atoms with Crippen molar-refractivity contribution in [1.29, 1.82) is 0 Å². The Morgan fingerprint density at radius 1 is 1.50 bits per heavy atom. The minimum atomic E-state index is -3.46. The summed E-state index contributed by atoms with van der Waals surface area (Å²) in [5.74, 6) is 0. The summed E-state index contributed by atoms with van der Waals surface area (Å²) in [6.45, 7) is 2.61. The van der Waals surface area contributed by atoms with Crippen LogP contribution in [0.5, 0.6) is 0 Å². The van der Waals surface area contributed by atoms with Crippen LogP contribution in [-0.4, -0.2) is 25.3 Å². The maximum absolute atomic E-state index is 12.6. The lowest BCUT2D eigenvalue weighted by atomic mass is 10.2. The molecule has 4 nitrogen and oxygen atoms in total. The van der Waals surface area contributed by atoms with E-state index in [1.54, 1.807) is 22.5 Å². The van der Waals surface area contributed by atoms with Gasteiger partial charge in [-0.05, 0) is 37.5 Å². The average molecular weight is 333 g/mol. The number of nitrogens with two attached hydrogens (primary N) is 1. The fourth-order valence-corrected chi connectivity index (χ4v) is 4.66. The Hall–Kier alpha value is -0.590. The van der Waals surface area contributed by atoms with E-state index in [0.29, 0.717) is 12.2 Å². The smallest absolute Gasteiger partial charge is 0.245 e. The monoisotopic (exact) mass is 332 g/mol. The summed E-state index contributed by atoms with van der Waals surface area (Å²) in [4.78, 5) is 0.214. The number of hydrogen-bond acceptors (Lipinski definition) is 3. The SMILES string of the molecule is CCC1CCCN1S(=O)(=O)c1ccc(Br)cc1N. The second-order valence-corrected chi connectivity index (χ2v) is 7.28. The molecule has 2 N–H and O–H groups in total. The molecule has 1 saturated heterocycles. The number of nitrogen functional groups attached to an aromatic ring is 1. The molecular formula is C12H17BrN2O2S. The van der Waals surface area contributed by atoms with Crippen molar-refractivity contribution in [1.82, 2.24) is 4.31 Å². The van der Waals surface area contributed by atoms with E-state index in [9.17, 15) is 8.42 Å². The van der Waals surface area contributed by atoms with Crippen LogP contribution < -0.4 is 5.73 Å². The van der Waals surface area contributed by atoms with Crippen molar-refractivity contribution >= 4 is 31.6 Å². The molecule has 0 saturated carbocycles. The number of rotatable bonds is 3. The molecule has 1 aromatic rings. The molecule has 2 rings (SSSR count). The summed E-state index contributed by atoms with van der Waals surface area (Å²) in [6, 6.07) is 5.02. The van der Waals surface area contributed by atoms with Gasteiger partial charge in [0.2, 0.25) is 10.0 Å². The first kappa shape index (κ1) is 13.8. The Balaban J connectivity index is 2.42. The molecule has 1 atom stereocenters. The normalized spacial score (nSPS) is 21.3. The molecular weight excluding hydrogens is 316 g/mol. The summed E-state index contributed by atoms with van der Waals surface area (Å²) in [7, 11) is -3.46. The zero-order valence-electron chi connectivity index (χ0n) is 10.3. The second kappa shape index (κ2) is 5.19. The highest BCUT2D eigenvalue weighted by Crippen LogP contribution is 2.31. The average Bonchev–Trinajstić information content (AvgIpc) is 2.76. The van der Waals surface area contributed by atoms with E-state index < -0.39 is 10.0 Å². The molecule has 100 valence electrons. The highest BCUT2D eigenvalue weighted by atomic mass is 79.9. The molecule has 1 aromatic carbocycles. The highest BCUT2D eigenvalue weighted by molar-refractivity contribution is 9.10. The Morgan fingerprint density at radius 2 is 2.22 bits per heavy atom. The van der Waals surface area contributed by atoms with Crippen molar-refractivity contribution in [3.8, 4) is 0 Å². The number of sulfonamides is 1. The van der Waals surface area contributed by atoms with Crippen LogP contribution in [-0.2, 0) is 10.0 Å². The van der Waals surface area contributed by atoms with Gasteiger partial charge in [0.15, 0.2) is 0 Å². The predicted molar refractivity (Wildman–Crippen MR) is 75.8 cm³/mol. The zero-order valence-corrected chi connectivity index (χ0v) is 12.7. The van der Waals surface area contributed by atoms with Crippen LogP contribution in [0.25, 0.3) is 0 Å². The molecule has 1 fully saturated rings. The minimum Gasteiger partial charge on any atom is -0.398 e. The van der Waals surface area contributed by atoms with Gasteiger partial charge in [-0.15, -0.1) is 0 Å². The molecule has 1 unspecified atom stereocenters. The Labute approximate surface area is 116 Å². The summed E-state index contributed by atoms with van der Waals surface area (Å²) in [5, 5.41) is 0. The molecule has 0 amide bonds. The third-order valence-electron chi connectivity index (χ3n) is 3.35. The van der Waals surface area contributed by atoms with Crippen LogP contribution in [0.4, 0.5) is 5.69 Å². The first-order valence-corrected chi connectivity index (χ1v) is 8.27. The summed E-state index contributed by atoms with van der Waals surface area (Å²) in [5.41, 5.74) is 6.12. The largest absolute Gasteiger partial charge is 0.398 e. The summed E-state index contributed by atoms with van der Waals surface area (Å²) >= 11 is 3.28. The molecule has 1 aliphatic heterocycles. The number of benzene rings is 1. The Morgan fingerprint density at radius 3 is 2.83 bits per heavy atom. The first-order valence-electron chi connectivity index (χ1n) is 6.03. The molecule has 0 spiro atoms. The minimum absolute atomic E-state index is 0.109. The van der Waals surface area contributed by atoms with Gasteiger partial charge in [0.1, 0.15) is 4.90 Å². The molecule has 18 heavy (non-hydrogen) atoms. The molecule has 0 bridgehead atoms. The fraction of sp³-hybridized carbons (Fsp3) is 0.500. The number of nitrogens with zero attached hydrogens (tertiary/aromatic N) is 1. The van der Waals surface area contributed by atoms with Crippen molar-refractivity contribution in [3.63, 3.8) is 0 Å². The van der Waals surface area contributed by atoms with E-state index in [-0.39, 0.29) is 10.9 Å². The van der Waals surface area contributed by atoms with Gasteiger partial charge in [0.25, 0.3) is 0 Å². The third-order valence-corrected chi connectivity index (χ3v) is 5.87. The molecule has 1 heterocycles. The predicted octanol–water partition coefficient (Wildman–Crippen LogP) is 2.59. The number of halogens is 1. The van der Waals surface area contributed by atoms with Crippen LogP contribution in [0.2, 0.25) is 0 Å². The van der Waals surface area contributed by atoms with Crippen LogP contribution >= 0.6 is 15.9 Å². The van der Waals surface area contributed by atoms with Gasteiger partial charge in [-0.25, -0.2) is 8.42 Å². The Bertz CT molecular complexity index is 545. The topological polar surface area (TPSA) is 63.4 Å². The van der Waals surface area contributed by atoms with Crippen molar-refractivity contribution in [2.45, 2.75) is 37.1 Å². The number of anilines is 1. The van der Waals surface area contributed by atoms with Crippen LogP contribution in [0.15, 0.2) is 27.6 Å². The second-order valence-electron chi connectivity index (χ2n) is 4.50. The van der Waals surface area contributed by atoms with Gasteiger partial charge in [-0.2, -0.15) is 4.31 Å². The van der Waals surface area contributed by atoms with Crippen LogP contribution in [0.3, 0.4) is 0 Å². The zero-order chi connectivity index (χ0) is 13.3. The third kappa shape index (κ3) is 2.41. The highest BCUT2D eigenvalue weighted by Gasteiger charge is 2.35. The van der Waals surface area contributed by atoms with Gasteiger partial charge < -0.3 is 5.73 Å². The molecule has 0 aliphatic carbocycles. The van der Waals surface area contributed by atoms with E-state index in [0.717, 1.165) is 23.7 Å².